The number of hydrogen-bond acceptors (Lipinski definition) is 4. The number of amides is 1. The van der Waals surface area contributed by atoms with E-state index in [-0.39, 0.29) is 5.91 Å². The maximum absolute atomic E-state index is 12.7. The number of nitrogens with zero attached hydrogens (tertiary/aromatic N) is 3. The summed E-state index contributed by atoms with van der Waals surface area (Å²) < 4.78 is 38.2. The van der Waals surface area contributed by atoms with Gasteiger partial charge in [-0.1, -0.05) is 12.1 Å². The highest BCUT2D eigenvalue weighted by atomic mass is 19.4. The van der Waals surface area contributed by atoms with Crippen LogP contribution in [0.2, 0.25) is 0 Å². The summed E-state index contributed by atoms with van der Waals surface area (Å²) in [6.45, 7) is 2.34. The predicted molar refractivity (Wildman–Crippen MR) is 97.9 cm³/mol. The second-order valence-electron chi connectivity index (χ2n) is 6.21. The maximum atomic E-state index is 12.7. The Balaban J connectivity index is 1.58. The third-order valence-corrected chi connectivity index (χ3v) is 4.36. The molecule has 0 unspecified atom stereocenters. The average molecular weight is 376 g/mol. The molecule has 1 aliphatic heterocycles. The Hall–Kier alpha value is -3.03. The van der Waals surface area contributed by atoms with Crippen molar-refractivity contribution in [1.82, 2.24) is 9.88 Å². The molecule has 2 N–H and O–H groups in total. The van der Waals surface area contributed by atoms with Crippen molar-refractivity contribution in [3.8, 4) is 0 Å². The van der Waals surface area contributed by atoms with Gasteiger partial charge in [0.05, 0.1) is 17.4 Å². The van der Waals surface area contributed by atoms with Gasteiger partial charge in [0.1, 0.15) is 5.82 Å². The number of nitrogens with two attached hydrogens (primary N) is 1. The standard InChI is InChI=1S/C19H19F3N4O/c20-19(21,22)15-3-1-2-14(12-15)4-7-18(27)26-10-8-25(9-11-26)16-5-6-17(23)24-13-16/h1-7,12-13H,8-11H2,(H2,23,24)/b7-4+. The van der Waals surface area contributed by atoms with Crippen LogP contribution in [0.15, 0.2) is 48.7 Å². The third-order valence-electron chi connectivity index (χ3n) is 4.36. The molecule has 0 atom stereocenters. The molecule has 1 aromatic heterocycles. The van der Waals surface area contributed by atoms with Gasteiger partial charge >= 0.3 is 6.18 Å². The number of carbonyl (C=O) groups is 1. The molecule has 8 heteroatoms. The lowest BCUT2D eigenvalue weighted by Gasteiger charge is -2.35. The summed E-state index contributed by atoms with van der Waals surface area (Å²) in [7, 11) is 0. The van der Waals surface area contributed by atoms with Crippen LogP contribution in [0.5, 0.6) is 0 Å². The number of pyridine rings is 1. The Kier molecular flexibility index (Phi) is 5.34. The van der Waals surface area contributed by atoms with E-state index in [1.54, 1.807) is 17.2 Å². The average Bonchev–Trinajstić information content (AvgIpc) is 2.66. The van der Waals surface area contributed by atoms with Crippen LogP contribution in [-0.4, -0.2) is 42.0 Å². The van der Waals surface area contributed by atoms with Crippen molar-refractivity contribution in [2.45, 2.75) is 6.18 Å². The number of carbonyl (C=O) groups excluding carboxylic acids is 1. The van der Waals surface area contributed by atoms with Gasteiger partial charge in [-0.3, -0.25) is 4.79 Å². The molecular weight excluding hydrogens is 357 g/mol. The number of rotatable bonds is 3. The number of hydrogen-bond donors (Lipinski definition) is 1. The summed E-state index contributed by atoms with van der Waals surface area (Å²) in [6, 6.07) is 8.50. The molecular formula is C19H19F3N4O. The first-order chi connectivity index (χ1) is 12.8. The third kappa shape index (κ3) is 4.78. The second-order valence-corrected chi connectivity index (χ2v) is 6.21. The van der Waals surface area contributed by atoms with E-state index in [9.17, 15) is 18.0 Å². The number of aromatic nitrogens is 1. The van der Waals surface area contributed by atoms with Crippen molar-refractivity contribution in [1.29, 1.82) is 0 Å². The molecule has 27 heavy (non-hydrogen) atoms. The monoisotopic (exact) mass is 376 g/mol. The summed E-state index contributed by atoms with van der Waals surface area (Å²) in [6.07, 6.45) is 0.0191. The van der Waals surface area contributed by atoms with E-state index in [0.717, 1.165) is 17.8 Å². The smallest absolute Gasteiger partial charge is 0.384 e. The molecule has 1 saturated heterocycles. The van der Waals surface area contributed by atoms with Gasteiger partial charge < -0.3 is 15.5 Å². The molecule has 1 aliphatic rings. The van der Waals surface area contributed by atoms with E-state index < -0.39 is 11.7 Å². The highest BCUT2D eigenvalue weighted by molar-refractivity contribution is 5.92. The normalized spacial score (nSPS) is 15.4. The van der Waals surface area contributed by atoms with E-state index in [1.165, 1.54) is 24.3 Å². The zero-order valence-electron chi connectivity index (χ0n) is 14.5. The zero-order chi connectivity index (χ0) is 19.4. The summed E-state index contributed by atoms with van der Waals surface area (Å²) in [5.41, 5.74) is 6.12. The van der Waals surface area contributed by atoms with Crippen LogP contribution in [0.1, 0.15) is 11.1 Å². The molecule has 1 amide bonds. The van der Waals surface area contributed by atoms with Gasteiger partial charge in [0.25, 0.3) is 0 Å². The topological polar surface area (TPSA) is 62.5 Å². The summed E-state index contributed by atoms with van der Waals surface area (Å²) in [5.74, 6) is 0.231. The van der Waals surface area contributed by atoms with E-state index in [1.807, 2.05) is 6.07 Å². The molecule has 3 rings (SSSR count). The predicted octanol–water partition coefficient (Wildman–Crippen LogP) is 3.04. The minimum Gasteiger partial charge on any atom is -0.384 e. The lowest BCUT2D eigenvalue weighted by Crippen LogP contribution is -2.48. The fourth-order valence-corrected chi connectivity index (χ4v) is 2.86. The zero-order valence-corrected chi connectivity index (χ0v) is 14.5. The molecule has 1 fully saturated rings. The number of piperazine rings is 1. The Morgan fingerprint density at radius 3 is 2.48 bits per heavy atom. The van der Waals surface area contributed by atoms with Crippen LogP contribution in [0.25, 0.3) is 6.08 Å². The van der Waals surface area contributed by atoms with Crippen molar-refractivity contribution in [2.75, 3.05) is 36.8 Å². The van der Waals surface area contributed by atoms with E-state index in [0.29, 0.717) is 37.6 Å². The second kappa shape index (κ2) is 7.69. The van der Waals surface area contributed by atoms with Crippen LogP contribution in [0, 0.1) is 0 Å². The van der Waals surface area contributed by atoms with Gasteiger partial charge in [0, 0.05) is 32.3 Å². The molecule has 0 saturated carbocycles. The Labute approximate surface area is 154 Å². The maximum Gasteiger partial charge on any atom is 0.416 e. The van der Waals surface area contributed by atoms with Gasteiger partial charge in [0.2, 0.25) is 5.91 Å². The number of benzene rings is 1. The van der Waals surface area contributed by atoms with E-state index in [4.69, 9.17) is 5.73 Å². The summed E-state index contributed by atoms with van der Waals surface area (Å²) in [5, 5.41) is 0. The first-order valence-electron chi connectivity index (χ1n) is 8.44. The SMILES string of the molecule is Nc1ccc(N2CCN(C(=O)/C=C/c3cccc(C(F)(F)F)c3)CC2)cn1. The van der Waals surface area contributed by atoms with Crippen LogP contribution >= 0.6 is 0 Å². The number of alkyl halides is 3. The fraction of sp³-hybridized carbons (Fsp3) is 0.263. The molecule has 0 radical (unpaired) electrons. The van der Waals surface area contributed by atoms with E-state index >= 15 is 0 Å². The summed E-state index contributed by atoms with van der Waals surface area (Å²) >= 11 is 0. The molecule has 0 spiro atoms. The minimum absolute atomic E-state index is 0.220. The lowest BCUT2D eigenvalue weighted by molar-refractivity contribution is -0.137. The first kappa shape index (κ1) is 18.8. The molecule has 142 valence electrons. The highest BCUT2D eigenvalue weighted by Crippen LogP contribution is 2.29. The van der Waals surface area contributed by atoms with Crippen molar-refractivity contribution in [3.63, 3.8) is 0 Å². The van der Waals surface area contributed by atoms with Crippen molar-refractivity contribution in [2.24, 2.45) is 0 Å². The van der Waals surface area contributed by atoms with Gasteiger partial charge in [-0.05, 0) is 35.9 Å². The van der Waals surface area contributed by atoms with Crippen LogP contribution in [-0.2, 0) is 11.0 Å². The van der Waals surface area contributed by atoms with Crippen LogP contribution < -0.4 is 10.6 Å². The van der Waals surface area contributed by atoms with Gasteiger partial charge in [0.15, 0.2) is 0 Å². The van der Waals surface area contributed by atoms with Crippen LogP contribution in [0.3, 0.4) is 0 Å². The van der Waals surface area contributed by atoms with Crippen molar-refractivity contribution in [3.05, 3.63) is 59.8 Å². The number of nitrogen functional groups attached to an aromatic ring is 1. The quantitative estimate of drug-likeness (QED) is 0.837. The molecule has 0 bridgehead atoms. The lowest BCUT2D eigenvalue weighted by atomic mass is 10.1. The van der Waals surface area contributed by atoms with Gasteiger partial charge in [-0.2, -0.15) is 13.2 Å². The molecule has 0 aliphatic carbocycles. The van der Waals surface area contributed by atoms with Gasteiger partial charge in [-0.25, -0.2) is 4.98 Å². The first-order valence-corrected chi connectivity index (χ1v) is 8.44. The molecule has 5 nitrogen and oxygen atoms in total. The number of halogens is 3. The van der Waals surface area contributed by atoms with Crippen molar-refractivity contribution < 1.29 is 18.0 Å². The van der Waals surface area contributed by atoms with Crippen molar-refractivity contribution >= 4 is 23.5 Å². The Morgan fingerprint density at radius 1 is 1.11 bits per heavy atom. The van der Waals surface area contributed by atoms with Gasteiger partial charge in [-0.15, -0.1) is 0 Å². The Morgan fingerprint density at radius 2 is 1.85 bits per heavy atom. The molecule has 2 aromatic rings. The van der Waals surface area contributed by atoms with Crippen LogP contribution in [0.4, 0.5) is 24.7 Å². The minimum atomic E-state index is -4.40. The molecule has 1 aromatic carbocycles. The largest absolute Gasteiger partial charge is 0.416 e. The molecule has 2 heterocycles. The highest BCUT2D eigenvalue weighted by Gasteiger charge is 2.30. The number of anilines is 2. The fourth-order valence-electron chi connectivity index (χ4n) is 2.86. The Bertz CT molecular complexity index is 826. The van der Waals surface area contributed by atoms with E-state index in [2.05, 4.69) is 9.88 Å². The summed E-state index contributed by atoms with van der Waals surface area (Å²) in [4.78, 5) is 20.1.